The Balaban J connectivity index is 2.38. The van der Waals surface area contributed by atoms with Crippen molar-refractivity contribution in [3.05, 3.63) is 28.2 Å². The van der Waals surface area contributed by atoms with Crippen LogP contribution in [0.1, 0.15) is 24.5 Å². The molecule has 2 aromatic rings. The molecule has 0 fully saturated rings. The molecular weight excluding hydrogens is 286 g/mol. The Morgan fingerprint density at radius 3 is 2.63 bits per heavy atom. The van der Waals surface area contributed by atoms with Crippen LogP contribution in [0.3, 0.4) is 0 Å². The molecule has 3 N–H and O–H groups in total. The van der Waals surface area contributed by atoms with E-state index in [2.05, 4.69) is 9.88 Å². The van der Waals surface area contributed by atoms with Crippen LogP contribution in [0.2, 0.25) is 0 Å². The Labute approximate surface area is 115 Å². The molecule has 0 aliphatic rings. The van der Waals surface area contributed by atoms with Crippen LogP contribution in [0.4, 0.5) is 5.82 Å². The van der Waals surface area contributed by atoms with Gasteiger partial charge in [-0.2, -0.15) is 0 Å². The molecule has 8 heteroatoms. The largest absolute Gasteiger partial charge is 0.380 e. The van der Waals surface area contributed by atoms with Crippen LogP contribution in [-0.2, 0) is 15.6 Å². The van der Waals surface area contributed by atoms with Gasteiger partial charge in [-0.3, -0.25) is 0 Å². The molecule has 0 radical (unpaired) electrons. The van der Waals surface area contributed by atoms with Gasteiger partial charge in [0.05, 0.1) is 5.54 Å². The number of nitrogens with two attached hydrogens (primary N) is 1. The van der Waals surface area contributed by atoms with Crippen molar-refractivity contribution in [3.8, 4) is 0 Å². The van der Waals surface area contributed by atoms with E-state index in [1.807, 2.05) is 17.5 Å². The lowest BCUT2D eigenvalue weighted by atomic mass is 10.1. The van der Waals surface area contributed by atoms with Crippen molar-refractivity contribution in [3.63, 3.8) is 0 Å². The van der Waals surface area contributed by atoms with Gasteiger partial charge in [0.15, 0.2) is 16.5 Å². The first-order valence-corrected chi connectivity index (χ1v) is 7.90. The summed E-state index contributed by atoms with van der Waals surface area (Å²) in [6.45, 7) is 5.08. The summed E-state index contributed by atoms with van der Waals surface area (Å²) in [5.41, 5.74) is 4.81. The molecule has 0 aromatic carbocycles. The van der Waals surface area contributed by atoms with Gasteiger partial charge >= 0.3 is 0 Å². The van der Waals surface area contributed by atoms with Gasteiger partial charge in [-0.1, -0.05) is 11.2 Å². The zero-order valence-electron chi connectivity index (χ0n) is 10.8. The van der Waals surface area contributed by atoms with E-state index in [9.17, 15) is 8.42 Å². The number of aryl methyl sites for hydroxylation is 1. The van der Waals surface area contributed by atoms with Crippen molar-refractivity contribution in [1.29, 1.82) is 0 Å². The van der Waals surface area contributed by atoms with Crippen LogP contribution >= 0.6 is 11.3 Å². The molecule has 0 unspecified atom stereocenters. The molecule has 0 saturated carbocycles. The Morgan fingerprint density at radius 2 is 2.16 bits per heavy atom. The Hall–Kier alpha value is -1.38. The molecule has 2 rings (SSSR count). The number of hydrogen-bond acceptors (Lipinski definition) is 6. The number of aromatic nitrogens is 1. The lowest BCUT2D eigenvalue weighted by molar-refractivity contribution is 0.396. The van der Waals surface area contributed by atoms with E-state index >= 15 is 0 Å². The van der Waals surface area contributed by atoms with Crippen molar-refractivity contribution in [2.24, 2.45) is 0 Å². The third-order valence-electron chi connectivity index (χ3n) is 2.63. The normalized spacial score (nSPS) is 12.8. The van der Waals surface area contributed by atoms with E-state index < -0.39 is 15.6 Å². The number of nitrogen functional groups attached to an aromatic ring is 1. The van der Waals surface area contributed by atoms with E-state index in [0.29, 0.717) is 0 Å². The highest BCUT2D eigenvalue weighted by molar-refractivity contribution is 7.89. The summed E-state index contributed by atoms with van der Waals surface area (Å²) in [6, 6.07) is 3.74. The summed E-state index contributed by atoms with van der Waals surface area (Å²) in [6.07, 6.45) is 0. The van der Waals surface area contributed by atoms with Gasteiger partial charge < -0.3 is 10.3 Å². The van der Waals surface area contributed by atoms with E-state index in [-0.39, 0.29) is 16.5 Å². The SMILES string of the molecule is Cc1onc(N)c1S(=O)(=O)NC(C)(C)c1cccs1. The highest BCUT2D eigenvalue weighted by Gasteiger charge is 2.32. The van der Waals surface area contributed by atoms with Gasteiger partial charge in [-0.05, 0) is 32.2 Å². The van der Waals surface area contributed by atoms with Crippen molar-refractivity contribution < 1.29 is 12.9 Å². The van der Waals surface area contributed by atoms with Gasteiger partial charge in [0.2, 0.25) is 10.0 Å². The van der Waals surface area contributed by atoms with Crippen LogP contribution < -0.4 is 10.5 Å². The van der Waals surface area contributed by atoms with Crippen molar-refractivity contribution >= 4 is 27.2 Å². The number of thiophene rings is 1. The zero-order chi connectivity index (χ0) is 14.3. The maximum atomic E-state index is 12.4. The van der Waals surface area contributed by atoms with Crippen molar-refractivity contribution in [1.82, 2.24) is 9.88 Å². The van der Waals surface area contributed by atoms with E-state index in [0.717, 1.165) is 4.88 Å². The standard InChI is InChI=1S/C11H15N3O3S2/c1-7-9(10(12)13-17-7)19(15,16)14-11(2,3)8-5-4-6-18-8/h4-6,14H,1-3H3,(H2,12,13). The predicted octanol–water partition coefficient (Wildman–Crippen LogP) is 1.84. The average Bonchev–Trinajstić information content (AvgIpc) is 2.86. The molecule has 0 amide bonds. The van der Waals surface area contributed by atoms with E-state index in [4.69, 9.17) is 10.3 Å². The van der Waals surface area contributed by atoms with Crippen LogP contribution in [-0.4, -0.2) is 13.6 Å². The maximum Gasteiger partial charge on any atom is 0.248 e. The molecule has 0 saturated heterocycles. The molecule has 0 atom stereocenters. The third-order valence-corrected chi connectivity index (χ3v) is 5.64. The number of nitrogens with zero attached hydrogens (tertiary/aromatic N) is 1. The van der Waals surface area contributed by atoms with Gasteiger partial charge in [-0.15, -0.1) is 11.3 Å². The quantitative estimate of drug-likeness (QED) is 0.898. The highest BCUT2D eigenvalue weighted by atomic mass is 32.2. The summed E-state index contributed by atoms with van der Waals surface area (Å²) in [5.74, 6) is 0.0407. The molecule has 0 aliphatic carbocycles. The summed E-state index contributed by atoms with van der Waals surface area (Å²) in [5, 5.41) is 5.35. The minimum atomic E-state index is -3.79. The fourth-order valence-electron chi connectivity index (χ4n) is 1.78. The molecule has 2 heterocycles. The van der Waals surface area contributed by atoms with Crippen LogP contribution in [0.15, 0.2) is 26.9 Å². The van der Waals surface area contributed by atoms with Crippen LogP contribution in [0.25, 0.3) is 0 Å². The summed E-state index contributed by atoms with van der Waals surface area (Å²) < 4.78 is 32.1. The number of rotatable bonds is 4. The zero-order valence-corrected chi connectivity index (χ0v) is 12.4. The maximum absolute atomic E-state index is 12.4. The minimum absolute atomic E-state index is 0.0999. The Bertz CT molecular complexity index is 653. The predicted molar refractivity (Wildman–Crippen MR) is 73.3 cm³/mol. The van der Waals surface area contributed by atoms with Crippen LogP contribution in [0, 0.1) is 6.92 Å². The Kier molecular flexibility index (Phi) is 3.41. The molecule has 19 heavy (non-hydrogen) atoms. The second kappa shape index (κ2) is 4.62. The van der Waals surface area contributed by atoms with Gasteiger partial charge in [0, 0.05) is 4.88 Å². The first-order chi connectivity index (χ1) is 8.74. The highest BCUT2D eigenvalue weighted by Crippen LogP contribution is 2.29. The Morgan fingerprint density at radius 1 is 1.47 bits per heavy atom. The fraction of sp³-hybridized carbons (Fsp3) is 0.364. The first-order valence-electron chi connectivity index (χ1n) is 5.54. The molecular formula is C11H15N3O3S2. The summed E-state index contributed by atoms with van der Waals surface area (Å²) >= 11 is 1.48. The molecule has 104 valence electrons. The van der Waals surface area contributed by atoms with Gasteiger partial charge in [0.25, 0.3) is 0 Å². The lowest BCUT2D eigenvalue weighted by Crippen LogP contribution is -2.40. The minimum Gasteiger partial charge on any atom is -0.380 e. The second-order valence-electron chi connectivity index (χ2n) is 4.66. The van der Waals surface area contributed by atoms with Crippen LogP contribution in [0.5, 0.6) is 0 Å². The fourth-order valence-corrected chi connectivity index (χ4v) is 4.26. The summed E-state index contributed by atoms with van der Waals surface area (Å²) in [4.78, 5) is 0.806. The number of anilines is 1. The molecule has 0 bridgehead atoms. The number of hydrogen-bond donors (Lipinski definition) is 2. The lowest BCUT2D eigenvalue weighted by Gasteiger charge is -2.24. The van der Waals surface area contributed by atoms with E-state index in [1.54, 1.807) is 13.8 Å². The smallest absolute Gasteiger partial charge is 0.248 e. The molecule has 2 aromatic heterocycles. The number of nitrogens with one attached hydrogen (secondary N) is 1. The van der Waals surface area contributed by atoms with Gasteiger partial charge in [-0.25, -0.2) is 13.1 Å². The monoisotopic (exact) mass is 301 g/mol. The molecule has 0 aliphatic heterocycles. The topological polar surface area (TPSA) is 98.2 Å². The molecule has 6 nitrogen and oxygen atoms in total. The van der Waals surface area contributed by atoms with Crippen molar-refractivity contribution in [2.75, 3.05) is 5.73 Å². The third kappa shape index (κ3) is 2.65. The summed E-state index contributed by atoms with van der Waals surface area (Å²) in [7, 11) is -3.79. The second-order valence-corrected chi connectivity index (χ2v) is 7.23. The molecule has 0 spiro atoms. The van der Waals surface area contributed by atoms with Crippen molar-refractivity contribution in [2.45, 2.75) is 31.2 Å². The van der Waals surface area contributed by atoms with E-state index in [1.165, 1.54) is 18.3 Å². The first kappa shape index (κ1) is 14.0. The average molecular weight is 301 g/mol. The number of sulfonamides is 1. The van der Waals surface area contributed by atoms with Gasteiger partial charge in [0.1, 0.15) is 0 Å².